The summed E-state index contributed by atoms with van der Waals surface area (Å²) in [6.45, 7) is 5.25. The molecular weight excluding hydrogens is 307 g/mol. The highest BCUT2D eigenvalue weighted by Gasteiger charge is 2.07. The molecule has 0 atom stereocenters. The van der Waals surface area contributed by atoms with Crippen LogP contribution in [0.3, 0.4) is 0 Å². The van der Waals surface area contributed by atoms with Crippen LogP contribution in [0.1, 0.15) is 20.3 Å². The summed E-state index contributed by atoms with van der Waals surface area (Å²) >= 11 is 12.3. The first kappa shape index (κ1) is 15.9. The number of hydrogen-bond donors (Lipinski definition) is 2. The first-order valence-electron chi connectivity index (χ1n) is 6.83. The Hall–Kier alpha value is -1.52. The molecule has 0 aliphatic carbocycles. The molecule has 0 saturated heterocycles. The highest BCUT2D eigenvalue weighted by molar-refractivity contribution is 6.39. The SMILES string of the molecule is CC(C)CCNc1cc(Nc2c(Cl)cccc2Cl)ncn1. The molecule has 0 aliphatic rings. The van der Waals surface area contributed by atoms with Crippen molar-refractivity contribution in [2.24, 2.45) is 5.92 Å². The molecule has 1 aromatic carbocycles. The third-order valence-corrected chi connectivity index (χ3v) is 3.54. The molecule has 1 heterocycles. The van der Waals surface area contributed by atoms with E-state index in [1.807, 2.05) is 6.07 Å². The molecular formula is C15H18Cl2N4. The van der Waals surface area contributed by atoms with Crippen molar-refractivity contribution in [3.8, 4) is 0 Å². The maximum atomic E-state index is 6.13. The van der Waals surface area contributed by atoms with Crippen LogP contribution in [0.4, 0.5) is 17.3 Å². The summed E-state index contributed by atoms with van der Waals surface area (Å²) in [5, 5.41) is 7.50. The Kier molecular flexibility index (Phi) is 5.65. The number of aromatic nitrogens is 2. The molecule has 0 amide bonds. The van der Waals surface area contributed by atoms with Gasteiger partial charge in [0.15, 0.2) is 0 Å². The van der Waals surface area contributed by atoms with Crippen molar-refractivity contribution in [1.29, 1.82) is 0 Å². The Morgan fingerprint density at radius 2 is 1.76 bits per heavy atom. The molecule has 2 aromatic rings. The fraction of sp³-hybridized carbons (Fsp3) is 0.333. The summed E-state index contributed by atoms with van der Waals surface area (Å²) in [5.74, 6) is 2.07. The van der Waals surface area contributed by atoms with Gasteiger partial charge in [-0.25, -0.2) is 9.97 Å². The van der Waals surface area contributed by atoms with Crippen LogP contribution in [-0.4, -0.2) is 16.5 Å². The number of anilines is 3. The fourth-order valence-corrected chi connectivity index (χ4v) is 2.25. The lowest BCUT2D eigenvalue weighted by Gasteiger charge is -2.11. The van der Waals surface area contributed by atoms with Crippen LogP contribution in [-0.2, 0) is 0 Å². The predicted octanol–water partition coefficient (Wildman–Crippen LogP) is 4.99. The molecule has 0 radical (unpaired) electrons. The normalized spacial score (nSPS) is 10.7. The van der Waals surface area contributed by atoms with Gasteiger partial charge in [-0.15, -0.1) is 0 Å². The second kappa shape index (κ2) is 7.48. The summed E-state index contributed by atoms with van der Waals surface area (Å²) < 4.78 is 0. The van der Waals surface area contributed by atoms with Gasteiger partial charge in [-0.05, 0) is 24.5 Å². The Morgan fingerprint density at radius 3 is 2.43 bits per heavy atom. The quantitative estimate of drug-likeness (QED) is 0.786. The molecule has 2 rings (SSSR count). The Morgan fingerprint density at radius 1 is 1.10 bits per heavy atom. The van der Waals surface area contributed by atoms with Crippen molar-refractivity contribution in [2.45, 2.75) is 20.3 Å². The Labute approximate surface area is 134 Å². The molecule has 0 spiro atoms. The van der Waals surface area contributed by atoms with Gasteiger partial charge in [-0.1, -0.05) is 43.1 Å². The number of benzene rings is 1. The van der Waals surface area contributed by atoms with Crippen molar-refractivity contribution in [2.75, 3.05) is 17.2 Å². The molecule has 2 N–H and O–H groups in total. The van der Waals surface area contributed by atoms with E-state index < -0.39 is 0 Å². The van der Waals surface area contributed by atoms with E-state index in [4.69, 9.17) is 23.2 Å². The topological polar surface area (TPSA) is 49.8 Å². The van der Waals surface area contributed by atoms with E-state index in [1.165, 1.54) is 6.33 Å². The summed E-state index contributed by atoms with van der Waals surface area (Å²) in [5.41, 5.74) is 0.646. The van der Waals surface area contributed by atoms with E-state index in [1.54, 1.807) is 18.2 Å². The van der Waals surface area contributed by atoms with Gasteiger partial charge >= 0.3 is 0 Å². The molecule has 6 heteroatoms. The van der Waals surface area contributed by atoms with Gasteiger partial charge < -0.3 is 10.6 Å². The minimum absolute atomic E-state index is 0.551. The first-order valence-corrected chi connectivity index (χ1v) is 7.59. The van der Waals surface area contributed by atoms with Gasteiger partial charge in [0.05, 0.1) is 15.7 Å². The van der Waals surface area contributed by atoms with Crippen molar-refractivity contribution in [3.05, 3.63) is 40.6 Å². The molecule has 112 valence electrons. The number of halogens is 2. The van der Waals surface area contributed by atoms with Crippen LogP contribution in [0.15, 0.2) is 30.6 Å². The maximum absolute atomic E-state index is 6.13. The average Bonchev–Trinajstić information content (AvgIpc) is 2.43. The second-order valence-corrected chi connectivity index (χ2v) is 5.93. The van der Waals surface area contributed by atoms with Crippen molar-refractivity contribution < 1.29 is 0 Å². The lowest BCUT2D eigenvalue weighted by atomic mass is 10.1. The lowest BCUT2D eigenvalue weighted by Crippen LogP contribution is -2.07. The third-order valence-electron chi connectivity index (χ3n) is 2.91. The van der Waals surface area contributed by atoms with E-state index in [0.717, 1.165) is 18.8 Å². The zero-order valence-corrected chi connectivity index (χ0v) is 13.5. The van der Waals surface area contributed by atoms with Gasteiger partial charge in [-0.3, -0.25) is 0 Å². The van der Waals surface area contributed by atoms with Gasteiger partial charge in [-0.2, -0.15) is 0 Å². The van der Waals surface area contributed by atoms with E-state index >= 15 is 0 Å². The number of hydrogen-bond acceptors (Lipinski definition) is 4. The fourth-order valence-electron chi connectivity index (χ4n) is 1.76. The standard InChI is InChI=1S/C15H18Cl2N4/c1-10(2)6-7-18-13-8-14(20-9-19-13)21-15-11(16)4-3-5-12(15)17/h3-5,8-10H,6-7H2,1-2H3,(H2,18,19,20,21). The van der Waals surface area contributed by atoms with Crippen LogP contribution >= 0.6 is 23.2 Å². The lowest BCUT2D eigenvalue weighted by molar-refractivity contribution is 0.606. The Balaban J connectivity index is 2.07. The molecule has 0 saturated carbocycles. The summed E-state index contributed by atoms with van der Waals surface area (Å²) in [6.07, 6.45) is 2.59. The minimum Gasteiger partial charge on any atom is -0.370 e. The summed E-state index contributed by atoms with van der Waals surface area (Å²) in [7, 11) is 0. The molecule has 21 heavy (non-hydrogen) atoms. The van der Waals surface area contributed by atoms with Crippen LogP contribution in [0, 0.1) is 5.92 Å². The van der Waals surface area contributed by atoms with E-state index in [0.29, 0.717) is 27.5 Å². The highest BCUT2D eigenvalue weighted by Crippen LogP contribution is 2.32. The zero-order chi connectivity index (χ0) is 15.2. The van der Waals surface area contributed by atoms with Crippen LogP contribution in [0.25, 0.3) is 0 Å². The van der Waals surface area contributed by atoms with Gasteiger partial charge in [0.25, 0.3) is 0 Å². The largest absolute Gasteiger partial charge is 0.370 e. The monoisotopic (exact) mass is 324 g/mol. The second-order valence-electron chi connectivity index (χ2n) is 5.12. The van der Waals surface area contributed by atoms with Gasteiger partial charge in [0, 0.05) is 12.6 Å². The number of para-hydroxylation sites is 1. The molecule has 0 unspecified atom stereocenters. The van der Waals surface area contributed by atoms with Crippen LogP contribution in [0.5, 0.6) is 0 Å². The first-order chi connectivity index (χ1) is 10.1. The molecule has 1 aromatic heterocycles. The zero-order valence-electron chi connectivity index (χ0n) is 12.0. The van der Waals surface area contributed by atoms with Gasteiger partial charge in [0.2, 0.25) is 0 Å². The van der Waals surface area contributed by atoms with Crippen molar-refractivity contribution in [3.63, 3.8) is 0 Å². The van der Waals surface area contributed by atoms with Gasteiger partial charge in [0.1, 0.15) is 18.0 Å². The molecule has 0 aliphatic heterocycles. The van der Waals surface area contributed by atoms with Crippen LogP contribution < -0.4 is 10.6 Å². The van der Waals surface area contributed by atoms with E-state index in [-0.39, 0.29) is 0 Å². The summed E-state index contributed by atoms with van der Waals surface area (Å²) in [4.78, 5) is 8.38. The van der Waals surface area contributed by atoms with Crippen molar-refractivity contribution >= 4 is 40.5 Å². The van der Waals surface area contributed by atoms with Crippen LogP contribution in [0.2, 0.25) is 10.0 Å². The van der Waals surface area contributed by atoms with E-state index in [9.17, 15) is 0 Å². The average molecular weight is 325 g/mol. The molecule has 0 fully saturated rings. The van der Waals surface area contributed by atoms with Crippen molar-refractivity contribution in [1.82, 2.24) is 9.97 Å². The molecule has 4 nitrogen and oxygen atoms in total. The number of nitrogens with zero attached hydrogens (tertiary/aromatic N) is 2. The smallest absolute Gasteiger partial charge is 0.135 e. The highest BCUT2D eigenvalue weighted by atomic mass is 35.5. The summed E-state index contributed by atoms with van der Waals surface area (Å²) in [6, 6.07) is 7.19. The Bertz CT molecular complexity index is 582. The minimum atomic E-state index is 0.551. The maximum Gasteiger partial charge on any atom is 0.135 e. The molecule has 0 bridgehead atoms. The number of rotatable bonds is 6. The third kappa shape index (κ3) is 4.76. The van der Waals surface area contributed by atoms with E-state index in [2.05, 4.69) is 34.4 Å². The predicted molar refractivity (Wildman–Crippen MR) is 89.7 cm³/mol. The number of nitrogens with one attached hydrogen (secondary N) is 2.